The van der Waals surface area contributed by atoms with Crippen LogP contribution in [0.15, 0.2) is 4.36 Å². The monoisotopic (exact) mass is 164 g/mol. The number of hydrogen-bond donors (Lipinski definition) is 1. The molecule has 0 aromatic carbocycles. The highest BCUT2D eigenvalue weighted by molar-refractivity contribution is 7.92. The molecule has 0 heterocycles. The Kier molecular flexibility index (Phi) is 2.98. The molecule has 1 unspecified atom stereocenters. The summed E-state index contributed by atoms with van der Waals surface area (Å²) in [7, 11) is -2.32. The number of nitrogens with two attached hydrogens (primary N) is 1. The molecular weight excluding hydrogens is 152 g/mol. The first-order valence-corrected chi connectivity index (χ1v) is 5.12. The average molecular weight is 164 g/mol. The summed E-state index contributed by atoms with van der Waals surface area (Å²) in [6, 6.07) is -0.652. The van der Waals surface area contributed by atoms with Crippen LogP contribution in [0.3, 0.4) is 0 Å². The lowest BCUT2D eigenvalue weighted by Gasteiger charge is -1.97. The van der Waals surface area contributed by atoms with Crippen LogP contribution in [-0.2, 0) is 14.5 Å². The Morgan fingerprint density at radius 1 is 1.60 bits per heavy atom. The molecule has 1 atom stereocenters. The quantitative estimate of drug-likeness (QED) is 0.572. The number of carbonyl (C=O) groups is 1. The standard InChI is InChI=1S/C5H12N2O2S/c1-4(6)5(8)7-10(2,3)9/h4H,6H2,1-3H3. The predicted octanol–water partition coefficient (Wildman–Crippen LogP) is -0.412. The van der Waals surface area contributed by atoms with E-state index >= 15 is 0 Å². The van der Waals surface area contributed by atoms with Gasteiger partial charge in [-0.25, -0.2) is 4.21 Å². The first-order valence-electron chi connectivity index (χ1n) is 2.79. The fourth-order valence-corrected chi connectivity index (χ4v) is 0.899. The largest absolute Gasteiger partial charge is 0.320 e. The molecule has 0 fully saturated rings. The lowest BCUT2D eigenvalue weighted by molar-refractivity contribution is -0.118. The summed E-state index contributed by atoms with van der Waals surface area (Å²) in [6.45, 7) is 1.51. The zero-order valence-corrected chi connectivity index (χ0v) is 7.14. The Morgan fingerprint density at radius 3 is 2.10 bits per heavy atom. The molecular formula is C5H12N2O2S. The zero-order valence-electron chi connectivity index (χ0n) is 6.33. The summed E-state index contributed by atoms with van der Waals surface area (Å²) in [6.07, 6.45) is 2.79. The Morgan fingerprint density at radius 2 is 2.00 bits per heavy atom. The minimum atomic E-state index is -2.32. The van der Waals surface area contributed by atoms with Crippen molar-refractivity contribution in [3.63, 3.8) is 0 Å². The van der Waals surface area contributed by atoms with Crippen LogP contribution in [0, 0.1) is 0 Å². The van der Waals surface area contributed by atoms with Gasteiger partial charge in [-0.05, 0) is 6.92 Å². The van der Waals surface area contributed by atoms with E-state index in [1.54, 1.807) is 0 Å². The molecule has 5 heteroatoms. The topological polar surface area (TPSA) is 72.5 Å². The SMILES string of the molecule is CC(N)C(=O)N=S(C)(C)=O. The van der Waals surface area contributed by atoms with Crippen molar-refractivity contribution < 1.29 is 9.00 Å². The molecule has 0 aromatic rings. The van der Waals surface area contributed by atoms with Gasteiger partial charge in [0.05, 0.1) is 6.04 Å². The van der Waals surface area contributed by atoms with Crippen LogP contribution in [0.25, 0.3) is 0 Å². The highest BCUT2D eigenvalue weighted by Gasteiger charge is 2.06. The van der Waals surface area contributed by atoms with Gasteiger partial charge < -0.3 is 5.73 Å². The summed E-state index contributed by atoms with van der Waals surface area (Å²) in [5.41, 5.74) is 5.17. The fourth-order valence-electron chi connectivity index (χ4n) is 0.300. The van der Waals surface area contributed by atoms with Crippen LogP contribution in [0.4, 0.5) is 0 Å². The van der Waals surface area contributed by atoms with Gasteiger partial charge in [-0.2, -0.15) is 4.36 Å². The van der Waals surface area contributed by atoms with Crippen molar-refractivity contribution in [1.29, 1.82) is 0 Å². The van der Waals surface area contributed by atoms with Crippen molar-refractivity contribution in [3.8, 4) is 0 Å². The molecule has 60 valence electrons. The highest BCUT2D eigenvalue weighted by atomic mass is 32.2. The molecule has 0 saturated heterocycles. The van der Waals surface area contributed by atoms with Gasteiger partial charge in [0.15, 0.2) is 0 Å². The number of carbonyl (C=O) groups excluding carboxylic acids is 1. The van der Waals surface area contributed by atoms with Gasteiger partial charge in [-0.3, -0.25) is 4.79 Å². The summed E-state index contributed by atoms with van der Waals surface area (Å²) in [4.78, 5) is 10.7. The molecule has 10 heavy (non-hydrogen) atoms. The van der Waals surface area contributed by atoms with E-state index in [0.29, 0.717) is 0 Å². The summed E-state index contributed by atoms with van der Waals surface area (Å²) < 4.78 is 14.2. The molecule has 0 aliphatic carbocycles. The predicted molar refractivity (Wildman–Crippen MR) is 41.1 cm³/mol. The van der Waals surface area contributed by atoms with Crippen molar-refractivity contribution in [2.24, 2.45) is 10.1 Å². The van der Waals surface area contributed by atoms with E-state index in [-0.39, 0.29) is 0 Å². The van der Waals surface area contributed by atoms with Crippen molar-refractivity contribution >= 4 is 15.6 Å². The Labute approximate surface area is 61.0 Å². The summed E-state index contributed by atoms with van der Waals surface area (Å²) in [5.74, 6) is -0.505. The maximum absolute atomic E-state index is 10.9. The van der Waals surface area contributed by atoms with E-state index in [2.05, 4.69) is 4.36 Å². The van der Waals surface area contributed by atoms with Crippen LogP contribution >= 0.6 is 0 Å². The number of rotatable bonds is 1. The lowest BCUT2D eigenvalue weighted by Crippen LogP contribution is -2.25. The smallest absolute Gasteiger partial charge is 0.270 e. The number of nitrogens with zero attached hydrogens (tertiary/aromatic N) is 1. The third-order valence-electron chi connectivity index (χ3n) is 0.699. The van der Waals surface area contributed by atoms with Crippen LogP contribution in [0.5, 0.6) is 0 Å². The minimum absolute atomic E-state index is 0.505. The van der Waals surface area contributed by atoms with Gasteiger partial charge in [0.2, 0.25) is 0 Å². The third kappa shape index (κ3) is 4.46. The molecule has 2 N–H and O–H groups in total. The minimum Gasteiger partial charge on any atom is -0.320 e. The van der Waals surface area contributed by atoms with Crippen LogP contribution in [0.1, 0.15) is 6.92 Å². The van der Waals surface area contributed by atoms with Gasteiger partial charge in [-0.15, -0.1) is 0 Å². The van der Waals surface area contributed by atoms with Gasteiger partial charge in [-0.1, -0.05) is 0 Å². The number of hydrogen-bond acceptors (Lipinski definition) is 3. The summed E-state index contributed by atoms with van der Waals surface area (Å²) in [5, 5.41) is 0. The maximum Gasteiger partial charge on any atom is 0.270 e. The Hall–Kier alpha value is -0.420. The van der Waals surface area contributed by atoms with E-state index in [1.165, 1.54) is 19.4 Å². The number of amides is 1. The molecule has 0 spiro atoms. The van der Waals surface area contributed by atoms with E-state index in [4.69, 9.17) is 5.73 Å². The van der Waals surface area contributed by atoms with Gasteiger partial charge >= 0.3 is 0 Å². The Bertz CT molecular complexity index is 230. The molecule has 0 bridgehead atoms. The van der Waals surface area contributed by atoms with E-state index in [9.17, 15) is 9.00 Å². The molecule has 0 aliphatic heterocycles. The van der Waals surface area contributed by atoms with Crippen LogP contribution < -0.4 is 5.73 Å². The fraction of sp³-hybridized carbons (Fsp3) is 0.800. The zero-order chi connectivity index (χ0) is 8.36. The Balaban J connectivity index is 4.46. The van der Waals surface area contributed by atoms with Gasteiger partial charge in [0, 0.05) is 22.2 Å². The first-order chi connectivity index (χ1) is 4.33. The van der Waals surface area contributed by atoms with E-state index in [0.717, 1.165) is 0 Å². The molecule has 1 amide bonds. The second-order valence-electron chi connectivity index (χ2n) is 2.40. The van der Waals surface area contributed by atoms with Gasteiger partial charge in [0.1, 0.15) is 0 Å². The van der Waals surface area contributed by atoms with E-state index < -0.39 is 21.7 Å². The van der Waals surface area contributed by atoms with Gasteiger partial charge in [0.25, 0.3) is 5.91 Å². The van der Waals surface area contributed by atoms with Crippen LogP contribution in [-0.4, -0.2) is 28.7 Å². The first kappa shape index (κ1) is 9.58. The maximum atomic E-state index is 10.9. The van der Waals surface area contributed by atoms with Crippen LogP contribution in [0.2, 0.25) is 0 Å². The molecule has 4 nitrogen and oxygen atoms in total. The van der Waals surface area contributed by atoms with Crippen molar-refractivity contribution in [2.75, 3.05) is 12.5 Å². The second-order valence-corrected chi connectivity index (χ2v) is 4.94. The molecule has 0 rings (SSSR count). The normalized spacial score (nSPS) is 14.4. The molecule has 0 saturated carbocycles. The van der Waals surface area contributed by atoms with Crippen molar-refractivity contribution in [2.45, 2.75) is 13.0 Å². The highest BCUT2D eigenvalue weighted by Crippen LogP contribution is 1.88. The summed E-state index contributed by atoms with van der Waals surface area (Å²) >= 11 is 0. The average Bonchev–Trinajstić information content (AvgIpc) is 1.60. The molecule has 0 aromatic heterocycles. The second kappa shape index (κ2) is 3.12. The molecule has 0 aliphatic rings. The molecule has 0 radical (unpaired) electrons. The third-order valence-corrected chi connectivity index (χ3v) is 1.32. The van der Waals surface area contributed by atoms with Crippen molar-refractivity contribution in [1.82, 2.24) is 0 Å². The lowest BCUT2D eigenvalue weighted by atomic mass is 10.4. The van der Waals surface area contributed by atoms with E-state index in [1.807, 2.05) is 0 Å². The van der Waals surface area contributed by atoms with Crippen molar-refractivity contribution in [3.05, 3.63) is 0 Å².